The van der Waals surface area contributed by atoms with Crippen molar-refractivity contribution in [3.05, 3.63) is 33.4 Å². The van der Waals surface area contributed by atoms with Crippen LogP contribution in [0.25, 0.3) is 6.08 Å². The first-order valence-electron chi connectivity index (χ1n) is 6.26. The Labute approximate surface area is 138 Å². The zero-order chi connectivity index (χ0) is 15.7. The molecule has 1 heterocycles. The van der Waals surface area contributed by atoms with Crippen molar-refractivity contribution >= 4 is 52.5 Å². The van der Waals surface area contributed by atoms with Crippen LogP contribution in [-0.2, 0) is 4.79 Å². The van der Waals surface area contributed by atoms with Crippen molar-refractivity contribution in [2.24, 2.45) is 0 Å². The molecule has 0 spiro atoms. The second kappa shape index (κ2) is 6.22. The quantitative estimate of drug-likeness (QED) is 0.621. The van der Waals surface area contributed by atoms with Crippen molar-refractivity contribution in [3.8, 4) is 5.75 Å². The molecule has 4 nitrogen and oxygen atoms in total. The van der Waals surface area contributed by atoms with E-state index in [1.807, 2.05) is 6.92 Å². The molecule has 1 aliphatic heterocycles. The molecule has 0 atom stereocenters. The summed E-state index contributed by atoms with van der Waals surface area (Å²) in [5, 5.41) is 1.26. The number of carbonyl (C=O) groups is 1. The van der Waals surface area contributed by atoms with E-state index in [0.29, 0.717) is 38.8 Å². The Balaban J connectivity index is 2.42. The third-order valence-electron chi connectivity index (χ3n) is 3.07. The molecule has 1 aromatic carbocycles. The molecule has 0 bridgehead atoms. The van der Waals surface area contributed by atoms with Gasteiger partial charge in [0.1, 0.15) is 5.70 Å². The predicted molar refractivity (Wildman–Crippen MR) is 88.7 cm³/mol. The fourth-order valence-electron chi connectivity index (χ4n) is 1.99. The standard InChI is InChI=1S/C14H14Cl2N2O2S/c1-4-20-12-9(15)5-8(6-10(12)16)7-11-13(19)18(3)14(21)17(11)2/h5-7H,4H2,1-3H3/b11-7+. The lowest BCUT2D eigenvalue weighted by Crippen LogP contribution is -2.26. The Bertz CT molecular complexity index is 623. The van der Waals surface area contributed by atoms with E-state index in [-0.39, 0.29) is 5.91 Å². The third kappa shape index (κ3) is 3.00. The van der Waals surface area contributed by atoms with Gasteiger partial charge in [0.15, 0.2) is 10.9 Å². The van der Waals surface area contributed by atoms with Gasteiger partial charge in [-0.05, 0) is 42.9 Å². The van der Waals surface area contributed by atoms with Crippen LogP contribution in [0.15, 0.2) is 17.8 Å². The SMILES string of the molecule is CCOc1c(Cl)cc(/C=C2\C(=O)N(C)C(=S)N2C)cc1Cl. The lowest BCUT2D eigenvalue weighted by atomic mass is 10.1. The van der Waals surface area contributed by atoms with Gasteiger partial charge in [-0.1, -0.05) is 23.2 Å². The summed E-state index contributed by atoms with van der Waals surface area (Å²) in [6.45, 7) is 2.33. The van der Waals surface area contributed by atoms with Gasteiger partial charge in [-0.2, -0.15) is 0 Å². The number of ether oxygens (including phenoxy) is 1. The van der Waals surface area contributed by atoms with Crippen LogP contribution in [0, 0.1) is 0 Å². The number of rotatable bonds is 3. The lowest BCUT2D eigenvalue weighted by Gasteiger charge is -2.12. The Morgan fingerprint density at radius 3 is 2.24 bits per heavy atom. The molecule has 7 heteroatoms. The fourth-order valence-corrected chi connectivity index (χ4v) is 2.79. The van der Waals surface area contributed by atoms with Gasteiger partial charge >= 0.3 is 0 Å². The maximum Gasteiger partial charge on any atom is 0.276 e. The van der Waals surface area contributed by atoms with Gasteiger partial charge in [-0.3, -0.25) is 9.69 Å². The van der Waals surface area contributed by atoms with E-state index in [4.69, 9.17) is 40.2 Å². The number of carbonyl (C=O) groups excluding carboxylic acids is 1. The smallest absolute Gasteiger partial charge is 0.276 e. The minimum absolute atomic E-state index is 0.163. The summed E-state index contributed by atoms with van der Waals surface area (Å²) in [5.74, 6) is 0.283. The van der Waals surface area contributed by atoms with Crippen molar-refractivity contribution in [2.75, 3.05) is 20.7 Å². The van der Waals surface area contributed by atoms with Gasteiger partial charge in [0.05, 0.1) is 16.7 Å². The number of hydrogen-bond donors (Lipinski definition) is 0. The van der Waals surface area contributed by atoms with Crippen LogP contribution < -0.4 is 4.74 Å². The van der Waals surface area contributed by atoms with E-state index < -0.39 is 0 Å². The van der Waals surface area contributed by atoms with Crippen molar-refractivity contribution in [1.82, 2.24) is 9.80 Å². The maximum atomic E-state index is 12.1. The summed E-state index contributed by atoms with van der Waals surface area (Å²) in [6.07, 6.45) is 1.70. The molecule has 1 saturated heterocycles. The highest BCUT2D eigenvalue weighted by molar-refractivity contribution is 7.80. The highest BCUT2D eigenvalue weighted by Crippen LogP contribution is 2.35. The third-order valence-corrected chi connectivity index (χ3v) is 4.18. The van der Waals surface area contributed by atoms with Crippen molar-refractivity contribution < 1.29 is 9.53 Å². The highest BCUT2D eigenvalue weighted by atomic mass is 35.5. The molecule has 1 aliphatic rings. The van der Waals surface area contributed by atoms with Crippen LogP contribution >= 0.6 is 35.4 Å². The molecule has 1 fully saturated rings. The first kappa shape index (κ1) is 16.1. The van der Waals surface area contributed by atoms with Crippen LogP contribution in [0.3, 0.4) is 0 Å². The molecule has 1 aromatic rings. The van der Waals surface area contributed by atoms with Gasteiger partial charge < -0.3 is 9.64 Å². The average molecular weight is 345 g/mol. The first-order valence-corrected chi connectivity index (χ1v) is 7.42. The van der Waals surface area contributed by atoms with E-state index >= 15 is 0 Å². The molecule has 21 heavy (non-hydrogen) atoms. The molecule has 0 aromatic heterocycles. The minimum Gasteiger partial charge on any atom is -0.491 e. The summed E-state index contributed by atoms with van der Waals surface area (Å²) in [5.41, 5.74) is 1.18. The molecule has 0 N–H and O–H groups in total. The number of nitrogens with zero attached hydrogens (tertiary/aromatic N) is 2. The Morgan fingerprint density at radius 1 is 1.24 bits per heavy atom. The van der Waals surface area contributed by atoms with Gasteiger partial charge in [0.2, 0.25) is 0 Å². The summed E-state index contributed by atoms with van der Waals surface area (Å²) < 4.78 is 5.38. The summed E-state index contributed by atoms with van der Waals surface area (Å²) in [4.78, 5) is 15.2. The molecular formula is C14H14Cl2N2O2S. The van der Waals surface area contributed by atoms with Crippen molar-refractivity contribution in [2.45, 2.75) is 6.92 Å². The normalized spacial score (nSPS) is 17.1. The first-order chi connectivity index (χ1) is 9.86. The Hall–Kier alpha value is -1.30. The molecule has 1 amide bonds. The van der Waals surface area contributed by atoms with Crippen LogP contribution in [-0.4, -0.2) is 41.5 Å². The summed E-state index contributed by atoms with van der Waals surface area (Å²) in [7, 11) is 3.38. The zero-order valence-electron chi connectivity index (χ0n) is 11.8. The van der Waals surface area contributed by atoms with E-state index in [9.17, 15) is 4.79 Å². The topological polar surface area (TPSA) is 32.8 Å². The van der Waals surface area contributed by atoms with E-state index in [0.717, 1.165) is 0 Å². The van der Waals surface area contributed by atoms with Crippen molar-refractivity contribution in [1.29, 1.82) is 0 Å². The summed E-state index contributed by atoms with van der Waals surface area (Å²) in [6, 6.07) is 3.40. The van der Waals surface area contributed by atoms with Crippen LogP contribution in [0.4, 0.5) is 0 Å². The minimum atomic E-state index is -0.163. The lowest BCUT2D eigenvalue weighted by molar-refractivity contribution is -0.121. The fraction of sp³-hybridized carbons (Fsp3) is 0.286. The van der Waals surface area contributed by atoms with Gasteiger partial charge in [-0.25, -0.2) is 0 Å². The average Bonchev–Trinajstić information content (AvgIpc) is 2.61. The van der Waals surface area contributed by atoms with E-state index in [1.54, 1.807) is 37.2 Å². The largest absolute Gasteiger partial charge is 0.491 e. The predicted octanol–water partition coefficient (Wildman–Crippen LogP) is 3.42. The van der Waals surface area contributed by atoms with Crippen LogP contribution in [0.2, 0.25) is 10.0 Å². The molecule has 112 valence electrons. The number of thiocarbonyl (C=S) groups is 1. The van der Waals surface area contributed by atoms with Crippen LogP contribution in [0.5, 0.6) is 5.75 Å². The number of halogens is 2. The highest BCUT2D eigenvalue weighted by Gasteiger charge is 2.32. The molecule has 2 rings (SSSR count). The van der Waals surface area contributed by atoms with Crippen molar-refractivity contribution in [3.63, 3.8) is 0 Å². The number of amides is 1. The second-order valence-electron chi connectivity index (χ2n) is 4.48. The molecule has 0 saturated carbocycles. The molecule has 0 unspecified atom stereocenters. The van der Waals surface area contributed by atoms with Crippen LogP contribution in [0.1, 0.15) is 12.5 Å². The summed E-state index contributed by atoms with van der Waals surface area (Å²) >= 11 is 17.5. The van der Waals surface area contributed by atoms with Gasteiger partial charge in [-0.15, -0.1) is 0 Å². The van der Waals surface area contributed by atoms with Gasteiger partial charge in [0, 0.05) is 14.1 Å². The number of hydrogen-bond acceptors (Lipinski definition) is 3. The second-order valence-corrected chi connectivity index (χ2v) is 5.66. The van der Waals surface area contributed by atoms with E-state index in [2.05, 4.69) is 0 Å². The molecule has 0 radical (unpaired) electrons. The zero-order valence-corrected chi connectivity index (χ0v) is 14.1. The van der Waals surface area contributed by atoms with E-state index in [1.165, 1.54) is 4.90 Å². The van der Waals surface area contributed by atoms with Gasteiger partial charge in [0.25, 0.3) is 5.91 Å². The Kier molecular flexibility index (Phi) is 4.76. The number of benzene rings is 1. The monoisotopic (exact) mass is 344 g/mol. The molecular weight excluding hydrogens is 331 g/mol. The molecule has 0 aliphatic carbocycles. The number of likely N-dealkylation sites (N-methyl/N-ethyl adjacent to an activating group) is 2. The Morgan fingerprint density at radius 2 is 1.81 bits per heavy atom. The maximum absolute atomic E-state index is 12.1.